The molecule has 7 heteroatoms. The number of nitrogens with zero attached hydrogens (tertiary/aromatic N) is 4. The quantitative estimate of drug-likeness (QED) is 0.371. The molecule has 2 fully saturated rings. The number of amides is 1. The molecule has 0 unspecified atom stereocenters. The second kappa shape index (κ2) is 11.4. The van der Waals surface area contributed by atoms with Crippen molar-refractivity contribution < 1.29 is 9.53 Å². The van der Waals surface area contributed by atoms with Gasteiger partial charge in [0.2, 0.25) is 0 Å². The zero-order valence-electron chi connectivity index (χ0n) is 23.0. The van der Waals surface area contributed by atoms with Gasteiger partial charge in [-0.3, -0.25) is 14.4 Å². The fourth-order valence-corrected chi connectivity index (χ4v) is 5.14. The van der Waals surface area contributed by atoms with Crippen molar-refractivity contribution in [2.24, 2.45) is 7.05 Å². The molecule has 1 saturated heterocycles. The molecule has 198 valence electrons. The third kappa shape index (κ3) is 6.16. The van der Waals surface area contributed by atoms with E-state index in [9.17, 15) is 4.79 Å². The van der Waals surface area contributed by atoms with Crippen LogP contribution in [0, 0.1) is 0 Å². The summed E-state index contributed by atoms with van der Waals surface area (Å²) < 4.78 is 7.31. The van der Waals surface area contributed by atoms with E-state index in [0.29, 0.717) is 17.2 Å². The van der Waals surface area contributed by atoms with E-state index in [2.05, 4.69) is 46.5 Å². The van der Waals surface area contributed by atoms with E-state index in [1.807, 2.05) is 51.5 Å². The summed E-state index contributed by atoms with van der Waals surface area (Å²) in [7, 11) is 5.62. The highest BCUT2D eigenvalue weighted by atomic mass is 16.5. The maximum absolute atomic E-state index is 13.4. The molecule has 2 atom stereocenters. The summed E-state index contributed by atoms with van der Waals surface area (Å²) in [5.74, 6) is 0.568. The zero-order valence-corrected chi connectivity index (χ0v) is 23.0. The van der Waals surface area contributed by atoms with Crippen LogP contribution in [-0.4, -0.2) is 64.8 Å². The highest BCUT2D eigenvalue weighted by molar-refractivity contribution is 5.98. The number of ether oxygens (including phenoxy) is 1. The lowest BCUT2D eigenvalue weighted by atomic mass is 9.92. The van der Waals surface area contributed by atoms with Crippen molar-refractivity contribution in [2.75, 3.05) is 27.2 Å². The maximum atomic E-state index is 13.4. The number of aryl methyl sites for hydroxylation is 1. The summed E-state index contributed by atoms with van der Waals surface area (Å²) in [4.78, 5) is 18.2. The molecule has 0 spiro atoms. The number of methoxy groups -OCH3 is 1. The number of likely N-dealkylation sites (N-methyl/N-ethyl adjacent to an activating group) is 1. The number of carbonyl (C=O) groups is 1. The first kappa shape index (κ1) is 26.7. The summed E-state index contributed by atoms with van der Waals surface area (Å²) in [5, 5.41) is 7.43. The largest absolute Gasteiger partial charge is 0.497 e. The SMILES string of the molecule is C=C(C)/C(=C\C(=C)N(C)[C@@H]1CCN(C2CCC2)C1)C(=O)N[C@H](C)c1cc(OC)cc(-c2cnn(C)c2)c1. The van der Waals surface area contributed by atoms with Crippen LogP contribution in [0.25, 0.3) is 11.1 Å². The third-order valence-corrected chi connectivity index (χ3v) is 7.85. The molecule has 0 radical (unpaired) electrons. The summed E-state index contributed by atoms with van der Waals surface area (Å²) in [6.45, 7) is 14.4. The second-order valence-corrected chi connectivity index (χ2v) is 10.6. The lowest BCUT2D eigenvalue weighted by Crippen LogP contribution is -2.41. The van der Waals surface area contributed by atoms with Gasteiger partial charge in [0.05, 0.1) is 19.3 Å². The summed E-state index contributed by atoms with van der Waals surface area (Å²) in [6.07, 6.45) is 10.8. The Labute approximate surface area is 221 Å². The first-order valence-electron chi connectivity index (χ1n) is 13.2. The van der Waals surface area contributed by atoms with Crippen LogP contribution in [0.5, 0.6) is 5.75 Å². The molecule has 1 aromatic heterocycles. The van der Waals surface area contributed by atoms with E-state index in [1.165, 1.54) is 19.3 Å². The highest BCUT2D eigenvalue weighted by Gasteiger charge is 2.33. The maximum Gasteiger partial charge on any atom is 0.252 e. The summed E-state index contributed by atoms with van der Waals surface area (Å²) >= 11 is 0. The molecule has 2 heterocycles. The smallest absolute Gasteiger partial charge is 0.252 e. The Kier molecular flexibility index (Phi) is 8.22. The van der Waals surface area contributed by atoms with Gasteiger partial charge in [-0.1, -0.05) is 19.6 Å². The second-order valence-electron chi connectivity index (χ2n) is 10.6. The lowest BCUT2D eigenvalue weighted by molar-refractivity contribution is -0.117. The summed E-state index contributed by atoms with van der Waals surface area (Å²) in [5.41, 5.74) is 5.02. The van der Waals surface area contributed by atoms with E-state index in [1.54, 1.807) is 11.8 Å². The van der Waals surface area contributed by atoms with Crippen LogP contribution < -0.4 is 10.1 Å². The minimum Gasteiger partial charge on any atom is -0.497 e. The molecule has 2 aliphatic rings. The molecule has 2 aromatic rings. The topological polar surface area (TPSA) is 62.6 Å². The fraction of sp³-hybridized carbons (Fsp3) is 0.467. The first-order valence-corrected chi connectivity index (χ1v) is 13.2. The molecule has 7 nitrogen and oxygen atoms in total. The number of likely N-dealkylation sites (tertiary alicyclic amines) is 1. The normalized spacial score (nSPS) is 19.3. The summed E-state index contributed by atoms with van der Waals surface area (Å²) in [6, 6.07) is 6.93. The van der Waals surface area contributed by atoms with Gasteiger partial charge in [0, 0.05) is 62.3 Å². The van der Waals surface area contributed by atoms with Gasteiger partial charge in [-0.2, -0.15) is 5.10 Å². The number of rotatable bonds is 10. The van der Waals surface area contributed by atoms with Crippen molar-refractivity contribution in [3.63, 3.8) is 0 Å². The van der Waals surface area contributed by atoms with Crippen molar-refractivity contribution >= 4 is 5.91 Å². The number of hydrogen-bond donors (Lipinski definition) is 1. The number of benzene rings is 1. The number of carbonyl (C=O) groups excluding carboxylic acids is 1. The van der Waals surface area contributed by atoms with E-state index < -0.39 is 0 Å². The molecule has 1 N–H and O–H groups in total. The van der Waals surface area contributed by atoms with Crippen LogP contribution in [0.15, 0.2) is 66.7 Å². The van der Waals surface area contributed by atoms with Crippen LogP contribution in [0.1, 0.15) is 51.1 Å². The molecule has 1 aliphatic carbocycles. The first-order chi connectivity index (χ1) is 17.7. The van der Waals surface area contributed by atoms with Gasteiger partial charge in [-0.05, 0) is 74.1 Å². The molecule has 0 bridgehead atoms. The lowest BCUT2D eigenvalue weighted by Gasteiger charge is -2.35. The van der Waals surface area contributed by atoms with Crippen molar-refractivity contribution in [3.8, 4) is 16.9 Å². The zero-order chi connectivity index (χ0) is 26.7. The standard InChI is InChI=1S/C30H41N5O2/c1-20(2)29(13-21(3)34(6)27-11-12-35(19-27)26-9-8-10-26)30(36)32-22(4)23-14-24(16-28(15-23)37-7)25-17-31-33(5)18-25/h13-18,22,26-27H,1,3,8-12,19H2,2,4-7H3,(H,32,36)/b29-13+/t22-,27-/m1/s1. The van der Waals surface area contributed by atoms with Gasteiger partial charge in [-0.25, -0.2) is 0 Å². The fourth-order valence-electron chi connectivity index (χ4n) is 5.14. The van der Waals surface area contributed by atoms with Crippen LogP contribution in [0.3, 0.4) is 0 Å². The monoisotopic (exact) mass is 503 g/mol. The molecule has 1 saturated carbocycles. The highest BCUT2D eigenvalue weighted by Crippen LogP contribution is 2.31. The number of nitrogens with one attached hydrogen (secondary N) is 1. The van der Waals surface area contributed by atoms with Gasteiger partial charge in [0.15, 0.2) is 0 Å². The Balaban J connectivity index is 1.46. The van der Waals surface area contributed by atoms with E-state index >= 15 is 0 Å². The van der Waals surface area contributed by atoms with Crippen molar-refractivity contribution in [3.05, 3.63) is 72.2 Å². The Morgan fingerprint density at radius 1 is 1.24 bits per heavy atom. The Hall–Kier alpha value is -3.32. The third-order valence-electron chi connectivity index (χ3n) is 7.85. The average Bonchev–Trinajstić information content (AvgIpc) is 3.49. The molecule has 37 heavy (non-hydrogen) atoms. The van der Waals surface area contributed by atoms with Crippen LogP contribution in [0.2, 0.25) is 0 Å². The van der Waals surface area contributed by atoms with E-state index in [4.69, 9.17) is 4.74 Å². The van der Waals surface area contributed by atoms with Gasteiger partial charge in [-0.15, -0.1) is 0 Å². The van der Waals surface area contributed by atoms with Gasteiger partial charge in [0.25, 0.3) is 5.91 Å². The Morgan fingerprint density at radius 3 is 2.59 bits per heavy atom. The van der Waals surface area contributed by atoms with Crippen LogP contribution >= 0.6 is 0 Å². The predicted octanol–water partition coefficient (Wildman–Crippen LogP) is 4.85. The molecule has 4 rings (SSSR count). The number of allylic oxidation sites excluding steroid dienone is 1. The van der Waals surface area contributed by atoms with Crippen LogP contribution in [-0.2, 0) is 11.8 Å². The molecule has 1 amide bonds. The number of aromatic nitrogens is 2. The Morgan fingerprint density at radius 2 is 2.00 bits per heavy atom. The van der Waals surface area contributed by atoms with Crippen molar-refractivity contribution in [1.82, 2.24) is 24.9 Å². The van der Waals surface area contributed by atoms with E-state index in [-0.39, 0.29) is 11.9 Å². The minimum atomic E-state index is -0.238. The van der Waals surface area contributed by atoms with Gasteiger partial charge < -0.3 is 15.0 Å². The predicted molar refractivity (Wildman–Crippen MR) is 149 cm³/mol. The van der Waals surface area contributed by atoms with Crippen LogP contribution in [0.4, 0.5) is 0 Å². The molecule has 1 aromatic carbocycles. The van der Waals surface area contributed by atoms with Gasteiger partial charge in [0.1, 0.15) is 5.75 Å². The minimum absolute atomic E-state index is 0.164. The average molecular weight is 504 g/mol. The van der Waals surface area contributed by atoms with Gasteiger partial charge >= 0.3 is 0 Å². The molecular weight excluding hydrogens is 462 g/mol. The number of hydrogen-bond acceptors (Lipinski definition) is 5. The molecular formula is C30H41N5O2. The van der Waals surface area contributed by atoms with Crippen molar-refractivity contribution in [2.45, 2.75) is 57.7 Å². The van der Waals surface area contributed by atoms with Crippen molar-refractivity contribution in [1.29, 1.82) is 0 Å². The Bertz CT molecular complexity index is 1190. The van der Waals surface area contributed by atoms with E-state index in [0.717, 1.165) is 53.7 Å². The molecule has 1 aliphatic heterocycles.